The van der Waals surface area contributed by atoms with E-state index in [1.165, 1.54) is 28.5 Å². The summed E-state index contributed by atoms with van der Waals surface area (Å²) in [5.41, 5.74) is 4.27. The first-order valence-electron chi connectivity index (χ1n) is 11.2. The lowest BCUT2D eigenvalue weighted by Crippen LogP contribution is -2.44. The van der Waals surface area contributed by atoms with Crippen LogP contribution in [0.15, 0.2) is 56.7 Å². The van der Waals surface area contributed by atoms with E-state index in [0.717, 1.165) is 5.57 Å². The number of hydrogen-bond acceptors (Lipinski definition) is 6. The van der Waals surface area contributed by atoms with E-state index in [2.05, 4.69) is 4.98 Å². The summed E-state index contributed by atoms with van der Waals surface area (Å²) in [5.74, 6) is -0.582. The smallest absolute Gasteiger partial charge is 0.329 e. The number of benzene rings is 1. The molecule has 0 aliphatic rings. The summed E-state index contributed by atoms with van der Waals surface area (Å²) in [4.78, 5) is 43.8. The molecule has 3 aromatic rings. The fourth-order valence-corrected chi connectivity index (χ4v) is 4.39. The summed E-state index contributed by atoms with van der Waals surface area (Å²) in [7, 11) is 0. The van der Waals surface area contributed by atoms with Gasteiger partial charge in [0.15, 0.2) is 22.1 Å². The van der Waals surface area contributed by atoms with Crippen LogP contribution in [0.2, 0.25) is 0 Å². The molecule has 0 aliphatic carbocycles. The molecule has 0 atom stereocenters. The average Bonchev–Trinajstić information content (AvgIpc) is 3.15. The Morgan fingerprint density at radius 2 is 1.72 bits per heavy atom. The minimum Gasteiger partial charge on any atom is -0.329 e. The van der Waals surface area contributed by atoms with Gasteiger partial charge in [0.05, 0.1) is 6.54 Å². The third kappa shape index (κ3) is 6.16. The number of ketones is 1. The van der Waals surface area contributed by atoms with Gasteiger partial charge in [-0.05, 0) is 27.7 Å². The van der Waals surface area contributed by atoms with E-state index in [9.17, 15) is 27.6 Å². The topological polar surface area (TPSA) is 105 Å². The first-order chi connectivity index (χ1) is 16.7. The Morgan fingerprint density at radius 3 is 2.28 bits per heavy atom. The minimum atomic E-state index is -4.77. The summed E-state index contributed by atoms with van der Waals surface area (Å²) in [6.45, 7) is 5.34. The second-order valence-electron chi connectivity index (χ2n) is 9.19. The summed E-state index contributed by atoms with van der Waals surface area (Å²) in [6.07, 6.45) is -2.98. The fraction of sp³-hybridized carbons (Fsp3) is 0.417. The molecular formula is C24H28F3N5O3S. The highest BCUT2D eigenvalue weighted by atomic mass is 32.2. The van der Waals surface area contributed by atoms with Gasteiger partial charge in [0.1, 0.15) is 6.54 Å². The number of halogens is 3. The van der Waals surface area contributed by atoms with Gasteiger partial charge >= 0.3 is 11.9 Å². The Balaban J connectivity index is 2.34. The molecule has 0 saturated carbocycles. The minimum absolute atomic E-state index is 0.133. The van der Waals surface area contributed by atoms with Crippen molar-refractivity contribution in [3.8, 4) is 0 Å². The van der Waals surface area contributed by atoms with Gasteiger partial charge in [0.2, 0.25) is 0 Å². The number of Topliss-reactive ketones (excluding diaryl/α,β-unsaturated/α-hetero) is 1. The largest absolute Gasteiger partial charge is 0.406 e. The highest BCUT2D eigenvalue weighted by molar-refractivity contribution is 8.00. The molecule has 2 heterocycles. The van der Waals surface area contributed by atoms with Crippen LogP contribution in [-0.2, 0) is 19.6 Å². The molecular weight excluding hydrogens is 495 g/mol. The number of imidazole rings is 1. The highest BCUT2D eigenvalue weighted by Gasteiger charge is 2.33. The van der Waals surface area contributed by atoms with E-state index in [1.54, 1.807) is 24.3 Å². The Kier molecular flexibility index (Phi) is 7.99. The van der Waals surface area contributed by atoms with Crippen LogP contribution in [0.25, 0.3) is 11.2 Å². The van der Waals surface area contributed by atoms with Crippen molar-refractivity contribution in [3.05, 3.63) is 68.4 Å². The van der Waals surface area contributed by atoms with E-state index >= 15 is 0 Å². The van der Waals surface area contributed by atoms with Crippen LogP contribution in [-0.4, -0.2) is 41.9 Å². The summed E-state index contributed by atoms with van der Waals surface area (Å²) >= 11 is 1.19. The molecule has 0 saturated heterocycles. The molecule has 12 heteroatoms. The van der Waals surface area contributed by atoms with Gasteiger partial charge in [0, 0.05) is 23.4 Å². The maximum Gasteiger partial charge on any atom is 0.406 e. The van der Waals surface area contributed by atoms with Crippen molar-refractivity contribution in [2.45, 2.75) is 63.4 Å². The molecule has 0 unspecified atom stereocenters. The molecule has 2 N–H and O–H groups in total. The van der Waals surface area contributed by atoms with Gasteiger partial charge in [-0.2, -0.15) is 13.2 Å². The predicted octanol–water partition coefficient (Wildman–Crippen LogP) is 3.60. The average molecular weight is 524 g/mol. The standard InChI is InChI=1S/C24H28F3N5O3S/c1-15(2)10-11-30-18-19(29-21(30)36-23(3,4)13-28)32(14-24(25,26)27)22(35)31(20(18)34)12-17(33)16-8-6-5-7-9-16/h5-10H,11-14,28H2,1-4H3. The van der Waals surface area contributed by atoms with Crippen molar-refractivity contribution in [2.24, 2.45) is 5.73 Å². The van der Waals surface area contributed by atoms with Gasteiger partial charge in [-0.1, -0.05) is 53.7 Å². The lowest BCUT2D eigenvalue weighted by molar-refractivity contribution is -0.140. The summed E-state index contributed by atoms with van der Waals surface area (Å²) < 4.78 is 42.4. The normalized spacial score (nSPS) is 12.2. The zero-order valence-corrected chi connectivity index (χ0v) is 21.2. The van der Waals surface area contributed by atoms with Crippen LogP contribution in [0.5, 0.6) is 0 Å². The predicted molar refractivity (Wildman–Crippen MR) is 134 cm³/mol. The number of thioether (sulfide) groups is 1. The van der Waals surface area contributed by atoms with Crippen molar-refractivity contribution < 1.29 is 18.0 Å². The van der Waals surface area contributed by atoms with E-state index < -0.39 is 41.0 Å². The Hall–Kier alpha value is -3.12. The Morgan fingerprint density at radius 1 is 1.08 bits per heavy atom. The SMILES string of the molecule is CC(C)=CCn1c(SC(C)(C)CN)nc2c1c(=O)n(CC(=O)c1ccccc1)c(=O)n2CC(F)(F)F. The molecule has 36 heavy (non-hydrogen) atoms. The van der Waals surface area contributed by atoms with Gasteiger partial charge in [-0.25, -0.2) is 9.78 Å². The molecule has 3 rings (SSSR count). The molecule has 0 amide bonds. The Bertz CT molecular complexity index is 1420. The number of nitrogens with two attached hydrogens (primary N) is 1. The molecule has 1 aromatic carbocycles. The number of carbonyl (C=O) groups excluding carboxylic acids is 1. The number of fused-ring (bicyclic) bond motifs is 1. The number of aromatic nitrogens is 4. The third-order valence-electron chi connectivity index (χ3n) is 5.36. The summed E-state index contributed by atoms with van der Waals surface area (Å²) in [5, 5.41) is 0.248. The van der Waals surface area contributed by atoms with Crippen LogP contribution >= 0.6 is 11.8 Å². The molecule has 0 fully saturated rings. The molecule has 194 valence electrons. The monoisotopic (exact) mass is 523 g/mol. The zero-order chi connectivity index (χ0) is 26.8. The van der Waals surface area contributed by atoms with Crippen molar-refractivity contribution in [2.75, 3.05) is 6.54 Å². The maximum atomic E-state index is 13.5. The van der Waals surface area contributed by atoms with Crippen molar-refractivity contribution in [1.82, 2.24) is 18.7 Å². The molecule has 0 aliphatic heterocycles. The van der Waals surface area contributed by atoms with E-state index in [-0.39, 0.29) is 35.0 Å². The first-order valence-corrected chi connectivity index (χ1v) is 12.0. The maximum absolute atomic E-state index is 13.5. The molecule has 0 spiro atoms. The highest BCUT2D eigenvalue weighted by Crippen LogP contribution is 2.33. The van der Waals surface area contributed by atoms with Gasteiger partial charge < -0.3 is 10.3 Å². The van der Waals surface area contributed by atoms with Gasteiger partial charge in [-0.15, -0.1) is 0 Å². The van der Waals surface area contributed by atoms with Gasteiger partial charge in [-0.3, -0.25) is 18.7 Å². The third-order valence-corrected chi connectivity index (χ3v) is 6.57. The lowest BCUT2D eigenvalue weighted by Gasteiger charge is -2.21. The van der Waals surface area contributed by atoms with Crippen LogP contribution in [0.1, 0.15) is 38.1 Å². The number of allylic oxidation sites excluding steroid dienone is 2. The first kappa shape index (κ1) is 27.5. The van der Waals surface area contributed by atoms with Crippen molar-refractivity contribution in [1.29, 1.82) is 0 Å². The number of alkyl halides is 3. The second kappa shape index (κ2) is 10.5. The summed E-state index contributed by atoms with van der Waals surface area (Å²) in [6, 6.07) is 7.91. The van der Waals surface area contributed by atoms with Gasteiger partial charge in [0.25, 0.3) is 5.56 Å². The lowest BCUT2D eigenvalue weighted by atomic mass is 10.1. The van der Waals surface area contributed by atoms with Crippen molar-refractivity contribution in [3.63, 3.8) is 0 Å². The molecule has 0 bridgehead atoms. The Labute approximate surface area is 209 Å². The number of carbonyl (C=O) groups is 1. The van der Waals surface area contributed by atoms with E-state index in [0.29, 0.717) is 9.13 Å². The molecule has 8 nitrogen and oxygen atoms in total. The second-order valence-corrected chi connectivity index (χ2v) is 10.9. The van der Waals surface area contributed by atoms with E-state index in [4.69, 9.17) is 5.73 Å². The van der Waals surface area contributed by atoms with Crippen LogP contribution in [0.4, 0.5) is 13.2 Å². The van der Waals surface area contributed by atoms with E-state index in [1.807, 2.05) is 27.7 Å². The van der Waals surface area contributed by atoms with Crippen LogP contribution in [0, 0.1) is 0 Å². The number of rotatable bonds is 9. The molecule has 0 radical (unpaired) electrons. The van der Waals surface area contributed by atoms with Crippen molar-refractivity contribution >= 4 is 28.7 Å². The quantitative estimate of drug-likeness (QED) is 0.261. The zero-order valence-electron chi connectivity index (χ0n) is 20.4. The van der Waals surface area contributed by atoms with Crippen LogP contribution in [0.3, 0.4) is 0 Å². The fourth-order valence-electron chi connectivity index (χ4n) is 3.40. The van der Waals surface area contributed by atoms with Crippen LogP contribution < -0.4 is 17.0 Å². The number of hydrogen-bond donors (Lipinski definition) is 1. The number of nitrogens with zero attached hydrogens (tertiary/aromatic N) is 4. The molecule has 2 aromatic heterocycles.